The maximum atomic E-state index is 11.6. The summed E-state index contributed by atoms with van der Waals surface area (Å²) in [5, 5.41) is 12.0. The van der Waals surface area contributed by atoms with Crippen LogP contribution in [0.2, 0.25) is 0 Å². The Hall–Kier alpha value is -2.04. The van der Waals surface area contributed by atoms with E-state index in [9.17, 15) is 4.79 Å². The van der Waals surface area contributed by atoms with Crippen LogP contribution >= 0.6 is 0 Å². The molecule has 1 rings (SSSR count). The van der Waals surface area contributed by atoms with Crippen LogP contribution in [0.4, 0.5) is 10.5 Å². The molecule has 0 atom stereocenters. The Morgan fingerprint density at radius 2 is 2.00 bits per heavy atom. The number of carbonyl (C=O) groups excluding carboxylic acids is 1. The van der Waals surface area contributed by atoms with E-state index in [4.69, 9.17) is 11.1 Å². The molecule has 0 unspecified atom stereocenters. The van der Waals surface area contributed by atoms with E-state index in [1.54, 1.807) is 0 Å². The summed E-state index contributed by atoms with van der Waals surface area (Å²) >= 11 is 0. The first kappa shape index (κ1) is 14.0. The highest BCUT2D eigenvalue weighted by molar-refractivity contribution is 6.01. The van der Waals surface area contributed by atoms with Crippen molar-refractivity contribution in [2.24, 2.45) is 5.73 Å². The van der Waals surface area contributed by atoms with Gasteiger partial charge in [-0.3, -0.25) is 10.7 Å². The van der Waals surface area contributed by atoms with Gasteiger partial charge in [-0.2, -0.15) is 0 Å². The first-order valence-corrected chi connectivity index (χ1v) is 6.02. The number of amides is 2. The van der Waals surface area contributed by atoms with Gasteiger partial charge < -0.3 is 11.1 Å². The highest BCUT2D eigenvalue weighted by Crippen LogP contribution is 2.23. The van der Waals surface area contributed by atoms with E-state index in [2.05, 4.69) is 29.7 Å². The molecule has 5 N–H and O–H groups in total. The molecule has 0 aromatic heterocycles. The van der Waals surface area contributed by atoms with Crippen molar-refractivity contribution in [3.8, 4) is 0 Å². The van der Waals surface area contributed by atoms with Crippen LogP contribution in [0.15, 0.2) is 12.1 Å². The first-order chi connectivity index (χ1) is 8.47. The minimum Gasteiger partial charge on any atom is -0.370 e. The predicted octanol–water partition coefficient (Wildman–Crippen LogP) is 2.13. The van der Waals surface area contributed by atoms with Gasteiger partial charge in [0, 0.05) is 5.69 Å². The monoisotopic (exact) mass is 248 g/mol. The third kappa shape index (κ3) is 3.48. The van der Waals surface area contributed by atoms with Crippen LogP contribution in [-0.2, 0) is 12.8 Å². The van der Waals surface area contributed by atoms with E-state index in [1.807, 2.05) is 13.8 Å². The van der Waals surface area contributed by atoms with Crippen LogP contribution in [0.3, 0.4) is 0 Å². The SMILES string of the molecule is CCc1cc(C)c(NC(=O)NC(=N)N)c(CC)c1. The van der Waals surface area contributed by atoms with Crippen molar-refractivity contribution in [1.29, 1.82) is 5.41 Å². The topological polar surface area (TPSA) is 91.0 Å². The molecular weight excluding hydrogens is 228 g/mol. The molecule has 0 spiro atoms. The van der Waals surface area contributed by atoms with Crippen LogP contribution in [0, 0.1) is 12.3 Å². The second kappa shape index (κ2) is 6.05. The molecule has 0 radical (unpaired) electrons. The molecule has 0 aliphatic carbocycles. The van der Waals surface area contributed by atoms with Crippen molar-refractivity contribution in [3.05, 3.63) is 28.8 Å². The zero-order valence-corrected chi connectivity index (χ0v) is 11.1. The third-order valence-corrected chi connectivity index (χ3v) is 2.75. The van der Waals surface area contributed by atoms with E-state index in [0.717, 1.165) is 29.7 Å². The second-order valence-electron chi connectivity index (χ2n) is 4.15. The summed E-state index contributed by atoms with van der Waals surface area (Å²) in [6.07, 6.45) is 1.80. The van der Waals surface area contributed by atoms with Gasteiger partial charge in [-0.1, -0.05) is 26.0 Å². The number of anilines is 1. The largest absolute Gasteiger partial charge is 0.370 e. The normalized spacial score (nSPS) is 9.94. The van der Waals surface area contributed by atoms with Gasteiger partial charge in [-0.25, -0.2) is 4.79 Å². The summed E-state index contributed by atoms with van der Waals surface area (Å²) in [5.74, 6) is -0.367. The lowest BCUT2D eigenvalue weighted by Gasteiger charge is -2.15. The van der Waals surface area contributed by atoms with E-state index in [-0.39, 0.29) is 5.96 Å². The number of nitrogens with one attached hydrogen (secondary N) is 3. The summed E-state index contributed by atoms with van der Waals surface area (Å²) in [7, 11) is 0. The van der Waals surface area contributed by atoms with E-state index in [1.165, 1.54) is 5.56 Å². The molecule has 5 heteroatoms. The van der Waals surface area contributed by atoms with E-state index in [0.29, 0.717) is 0 Å². The molecule has 0 heterocycles. The number of aryl methyl sites for hydroxylation is 3. The minimum atomic E-state index is -0.482. The Morgan fingerprint density at radius 3 is 2.50 bits per heavy atom. The molecule has 2 amide bonds. The summed E-state index contributed by atoms with van der Waals surface area (Å²) in [5.41, 5.74) is 9.27. The van der Waals surface area contributed by atoms with Crippen molar-refractivity contribution >= 4 is 17.7 Å². The average Bonchev–Trinajstić information content (AvgIpc) is 2.30. The fourth-order valence-electron chi connectivity index (χ4n) is 1.87. The van der Waals surface area contributed by atoms with Crippen molar-refractivity contribution in [2.45, 2.75) is 33.6 Å². The molecule has 0 fully saturated rings. The molecule has 98 valence electrons. The van der Waals surface area contributed by atoms with Gasteiger partial charge in [0.2, 0.25) is 0 Å². The number of urea groups is 1. The maximum Gasteiger partial charge on any atom is 0.325 e. The van der Waals surface area contributed by atoms with Gasteiger partial charge in [-0.15, -0.1) is 0 Å². The molecule has 5 nitrogen and oxygen atoms in total. The maximum absolute atomic E-state index is 11.6. The number of hydrogen-bond acceptors (Lipinski definition) is 2. The molecule has 0 aliphatic rings. The number of hydrogen-bond donors (Lipinski definition) is 4. The van der Waals surface area contributed by atoms with Crippen LogP contribution in [0.1, 0.15) is 30.5 Å². The van der Waals surface area contributed by atoms with Gasteiger partial charge in [0.25, 0.3) is 0 Å². The lowest BCUT2D eigenvalue weighted by molar-refractivity contribution is 0.256. The van der Waals surface area contributed by atoms with Crippen molar-refractivity contribution in [3.63, 3.8) is 0 Å². The number of carbonyl (C=O) groups is 1. The lowest BCUT2D eigenvalue weighted by Crippen LogP contribution is -2.39. The Labute approximate surface area is 107 Å². The van der Waals surface area contributed by atoms with Gasteiger partial charge >= 0.3 is 6.03 Å². The Kier molecular flexibility index (Phi) is 4.71. The highest BCUT2D eigenvalue weighted by atomic mass is 16.2. The summed E-state index contributed by atoms with van der Waals surface area (Å²) in [6.45, 7) is 6.10. The highest BCUT2D eigenvalue weighted by Gasteiger charge is 2.10. The Balaban J connectivity index is 3.00. The lowest BCUT2D eigenvalue weighted by atomic mass is 10.0. The number of benzene rings is 1. The van der Waals surface area contributed by atoms with Gasteiger partial charge in [0.15, 0.2) is 5.96 Å². The molecule has 0 aliphatic heterocycles. The molecule has 0 bridgehead atoms. The van der Waals surface area contributed by atoms with E-state index < -0.39 is 6.03 Å². The third-order valence-electron chi connectivity index (χ3n) is 2.75. The summed E-state index contributed by atoms with van der Waals surface area (Å²) < 4.78 is 0. The molecule has 18 heavy (non-hydrogen) atoms. The molecule has 0 saturated carbocycles. The van der Waals surface area contributed by atoms with Crippen molar-refractivity contribution in [1.82, 2.24) is 5.32 Å². The van der Waals surface area contributed by atoms with Crippen LogP contribution < -0.4 is 16.4 Å². The zero-order valence-electron chi connectivity index (χ0n) is 11.1. The fourth-order valence-corrected chi connectivity index (χ4v) is 1.87. The average molecular weight is 248 g/mol. The quantitative estimate of drug-likeness (QED) is 0.487. The van der Waals surface area contributed by atoms with Gasteiger partial charge in [0.1, 0.15) is 0 Å². The molecule has 1 aromatic carbocycles. The standard InChI is InChI=1S/C13H20N4O/c1-4-9-6-8(3)11(10(5-2)7-9)16-13(18)17-12(14)15/h6-7H,4-5H2,1-3H3,(H5,14,15,16,17,18). The first-order valence-electron chi connectivity index (χ1n) is 6.02. The van der Waals surface area contributed by atoms with Crippen LogP contribution in [0.5, 0.6) is 0 Å². The molecular formula is C13H20N4O. The van der Waals surface area contributed by atoms with Crippen molar-refractivity contribution < 1.29 is 4.79 Å². The van der Waals surface area contributed by atoms with Crippen LogP contribution in [0.25, 0.3) is 0 Å². The molecule has 0 saturated heterocycles. The van der Waals surface area contributed by atoms with Crippen LogP contribution in [-0.4, -0.2) is 12.0 Å². The zero-order chi connectivity index (χ0) is 13.7. The second-order valence-corrected chi connectivity index (χ2v) is 4.15. The number of rotatable bonds is 3. The molecule has 1 aromatic rings. The smallest absolute Gasteiger partial charge is 0.325 e. The van der Waals surface area contributed by atoms with E-state index >= 15 is 0 Å². The minimum absolute atomic E-state index is 0.367. The number of nitrogens with two attached hydrogens (primary N) is 1. The predicted molar refractivity (Wildman–Crippen MR) is 74.0 cm³/mol. The Bertz CT molecular complexity index is 468. The van der Waals surface area contributed by atoms with Gasteiger partial charge in [-0.05, 0) is 36.5 Å². The number of guanidine groups is 1. The summed E-state index contributed by atoms with van der Waals surface area (Å²) in [4.78, 5) is 11.6. The Morgan fingerprint density at radius 1 is 1.33 bits per heavy atom. The summed E-state index contributed by atoms with van der Waals surface area (Å²) in [6, 6.07) is 3.67. The van der Waals surface area contributed by atoms with Gasteiger partial charge in [0.05, 0.1) is 0 Å². The van der Waals surface area contributed by atoms with Crippen molar-refractivity contribution in [2.75, 3.05) is 5.32 Å². The fraction of sp³-hybridized carbons (Fsp3) is 0.385.